The molecule has 0 amide bonds. The quantitative estimate of drug-likeness (QED) is 0.335. The lowest BCUT2D eigenvalue weighted by Gasteiger charge is -2.23. The average molecular weight is 507 g/mol. The van der Waals surface area contributed by atoms with Crippen molar-refractivity contribution in [3.8, 4) is 17.2 Å². The lowest BCUT2D eigenvalue weighted by molar-refractivity contribution is 0.391. The number of hydrogen-bond acceptors (Lipinski definition) is 7. The van der Waals surface area contributed by atoms with Crippen molar-refractivity contribution in [2.75, 3.05) is 25.6 Å². The van der Waals surface area contributed by atoms with Crippen molar-refractivity contribution >= 4 is 36.7 Å². The minimum absolute atomic E-state index is 0.102. The molecule has 7 nitrogen and oxygen atoms in total. The number of halogens is 2. The molecule has 0 spiro atoms. The number of aromatic nitrogens is 1. The largest absolute Gasteiger partial charge is 0.497 e. The number of methoxy groups -OCH3 is 3. The van der Waals surface area contributed by atoms with Gasteiger partial charge in [-0.25, -0.2) is 26.5 Å². The third-order valence-corrected chi connectivity index (χ3v) is 7.99. The fourth-order valence-corrected chi connectivity index (χ4v) is 5.97. The Balaban J connectivity index is 1.88. The van der Waals surface area contributed by atoms with Gasteiger partial charge in [-0.1, -0.05) is 11.3 Å². The summed E-state index contributed by atoms with van der Waals surface area (Å²) in [6.45, 7) is -0.219. The Hall–Kier alpha value is -3.44. The molecule has 0 aliphatic heterocycles. The number of ether oxygens (including phenoxy) is 3. The Labute approximate surface area is 199 Å². The smallest absolute Gasteiger partial charge is 0.269 e. The van der Waals surface area contributed by atoms with Gasteiger partial charge in [0.1, 0.15) is 33.8 Å². The standard InChI is InChI=1S/C23H20F2N2O5S2/c1-30-16-6-4-14(20(11-16)32-3)13-27(34(28,29)22-9-5-15(24)10-18(22)25)23-26-19-8-7-17(31-2)12-21(19)33-23/h4-12H,13H2,1-3H3. The van der Waals surface area contributed by atoms with E-state index in [1.807, 2.05) is 0 Å². The number of benzene rings is 3. The molecule has 0 saturated heterocycles. The summed E-state index contributed by atoms with van der Waals surface area (Å²) in [5, 5.41) is 0.102. The molecule has 11 heteroatoms. The molecule has 34 heavy (non-hydrogen) atoms. The Morgan fingerprint density at radius 2 is 1.62 bits per heavy atom. The van der Waals surface area contributed by atoms with E-state index in [1.54, 1.807) is 36.4 Å². The highest BCUT2D eigenvalue weighted by Gasteiger charge is 2.31. The minimum atomic E-state index is -4.48. The predicted octanol–water partition coefficient (Wildman–Crippen LogP) is 5.00. The van der Waals surface area contributed by atoms with Crippen LogP contribution in [-0.2, 0) is 16.6 Å². The molecule has 178 valence electrons. The molecule has 0 fully saturated rings. The monoisotopic (exact) mass is 506 g/mol. The Morgan fingerprint density at radius 3 is 2.29 bits per heavy atom. The van der Waals surface area contributed by atoms with Gasteiger partial charge in [0.15, 0.2) is 0 Å². The van der Waals surface area contributed by atoms with Crippen molar-refractivity contribution < 1.29 is 31.4 Å². The van der Waals surface area contributed by atoms with Crippen LogP contribution in [0.15, 0.2) is 59.5 Å². The summed E-state index contributed by atoms with van der Waals surface area (Å²) in [6, 6.07) is 12.4. The van der Waals surface area contributed by atoms with E-state index in [4.69, 9.17) is 14.2 Å². The zero-order chi connectivity index (χ0) is 24.5. The van der Waals surface area contributed by atoms with Crippen LogP contribution < -0.4 is 18.5 Å². The topological polar surface area (TPSA) is 78.0 Å². The number of thiazole rings is 1. The number of fused-ring (bicyclic) bond motifs is 1. The third kappa shape index (κ3) is 4.48. The van der Waals surface area contributed by atoms with E-state index in [2.05, 4.69) is 4.98 Å². The lowest BCUT2D eigenvalue weighted by Crippen LogP contribution is -2.31. The summed E-state index contributed by atoms with van der Waals surface area (Å²) in [7, 11) is -0.0181. The first-order chi connectivity index (χ1) is 16.3. The van der Waals surface area contributed by atoms with Crippen LogP contribution in [-0.4, -0.2) is 34.7 Å². The molecular formula is C23H20F2N2O5S2. The predicted molar refractivity (Wildman–Crippen MR) is 125 cm³/mol. The van der Waals surface area contributed by atoms with Crippen LogP contribution in [0.2, 0.25) is 0 Å². The Bertz CT molecular complexity index is 1460. The van der Waals surface area contributed by atoms with Gasteiger partial charge < -0.3 is 14.2 Å². The number of anilines is 1. The van der Waals surface area contributed by atoms with E-state index in [9.17, 15) is 17.2 Å². The number of nitrogens with zero attached hydrogens (tertiary/aromatic N) is 2. The number of sulfonamides is 1. The molecule has 0 radical (unpaired) electrons. The van der Waals surface area contributed by atoms with Crippen molar-refractivity contribution in [3.05, 3.63) is 71.8 Å². The maximum atomic E-state index is 14.6. The molecule has 4 aromatic rings. The molecule has 0 bridgehead atoms. The lowest BCUT2D eigenvalue weighted by atomic mass is 10.2. The number of hydrogen-bond donors (Lipinski definition) is 0. The van der Waals surface area contributed by atoms with Crippen LogP contribution in [0.5, 0.6) is 17.2 Å². The summed E-state index contributed by atoms with van der Waals surface area (Å²) >= 11 is 1.10. The molecule has 0 atom stereocenters. The van der Waals surface area contributed by atoms with Crippen molar-refractivity contribution in [2.45, 2.75) is 11.4 Å². The fourth-order valence-electron chi connectivity index (χ4n) is 3.32. The molecular weight excluding hydrogens is 486 g/mol. The van der Waals surface area contributed by atoms with Gasteiger partial charge in [-0.15, -0.1) is 0 Å². The van der Waals surface area contributed by atoms with Crippen LogP contribution in [0.1, 0.15) is 5.56 Å². The molecule has 0 aliphatic carbocycles. The van der Waals surface area contributed by atoms with Crippen molar-refractivity contribution in [1.82, 2.24) is 4.98 Å². The first-order valence-corrected chi connectivity index (χ1v) is 12.2. The molecule has 3 aromatic carbocycles. The van der Waals surface area contributed by atoms with Gasteiger partial charge in [0.2, 0.25) is 5.13 Å². The Kier molecular flexibility index (Phi) is 6.58. The van der Waals surface area contributed by atoms with Gasteiger partial charge in [-0.05, 0) is 42.5 Å². The fraction of sp³-hybridized carbons (Fsp3) is 0.174. The zero-order valence-electron chi connectivity index (χ0n) is 18.4. The molecule has 1 aromatic heterocycles. The van der Waals surface area contributed by atoms with E-state index >= 15 is 0 Å². The SMILES string of the molecule is COc1ccc(CN(c2nc3ccc(OC)cc3s2)S(=O)(=O)c2ccc(F)cc2F)c(OC)c1. The summed E-state index contributed by atoms with van der Waals surface area (Å²) in [4.78, 5) is 3.79. The molecule has 0 saturated carbocycles. The average Bonchev–Trinajstić information content (AvgIpc) is 3.24. The van der Waals surface area contributed by atoms with Crippen LogP contribution in [0, 0.1) is 11.6 Å². The maximum absolute atomic E-state index is 14.6. The molecule has 4 rings (SSSR count). The second-order valence-electron chi connectivity index (χ2n) is 7.09. The van der Waals surface area contributed by atoms with Crippen LogP contribution in [0.4, 0.5) is 13.9 Å². The molecule has 1 heterocycles. The van der Waals surface area contributed by atoms with Gasteiger partial charge in [0.25, 0.3) is 10.0 Å². The Morgan fingerprint density at radius 1 is 0.912 bits per heavy atom. The highest BCUT2D eigenvalue weighted by molar-refractivity contribution is 7.93. The summed E-state index contributed by atoms with van der Waals surface area (Å²) < 4.78 is 72.9. The summed E-state index contributed by atoms with van der Waals surface area (Å²) in [5.41, 5.74) is 1.04. The van der Waals surface area contributed by atoms with E-state index in [0.29, 0.717) is 39.1 Å². The van der Waals surface area contributed by atoms with Crippen LogP contribution in [0.25, 0.3) is 10.2 Å². The van der Waals surface area contributed by atoms with E-state index < -0.39 is 26.6 Å². The van der Waals surface area contributed by atoms with Gasteiger partial charge in [-0.3, -0.25) is 0 Å². The first kappa shape index (κ1) is 23.7. The van der Waals surface area contributed by atoms with Gasteiger partial charge in [-0.2, -0.15) is 0 Å². The third-order valence-electron chi connectivity index (χ3n) is 5.07. The second-order valence-corrected chi connectivity index (χ2v) is 9.93. The first-order valence-electron chi connectivity index (χ1n) is 9.90. The van der Waals surface area contributed by atoms with Crippen molar-refractivity contribution in [3.63, 3.8) is 0 Å². The van der Waals surface area contributed by atoms with Gasteiger partial charge in [0, 0.05) is 17.7 Å². The maximum Gasteiger partial charge on any atom is 0.269 e. The molecule has 0 aliphatic rings. The van der Waals surface area contributed by atoms with Crippen molar-refractivity contribution in [1.29, 1.82) is 0 Å². The van der Waals surface area contributed by atoms with Crippen LogP contribution in [0.3, 0.4) is 0 Å². The zero-order valence-corrected chi connectivity index (χ0v) is 20.0. The van der Waals surface area contributed by atoms with Crippen LogP contribution >= 0.6 is 11.3 Å². The van der Waals surface area contributed by atoms with Gasteiger partial charge in [0.05, 0.1) is 38.1 Å². The van der Waals surface area contributed by atoms with E-state index in [0.717, 1.165) is 27.8 Å². The van der Waals surface area contributed by atoms with E-state index in [1.165, 1.54) is 21.3 Å². The molecule has 0 unspecified atom stereocenters. The number of rotatable bonds is 8. The normalized spacial score (nSPS) is 11.4. The second kappa shape index (κ2) is 9.43. The highest BCUT2D eigenvalue weighted by Crippen LogP contribution is 2.37. The van der Waals surface area contributed by atoms with Gasteiger partial charge >= 0.3 is 0 Å². The summed E-state index contributed by atoms with van der Waals surface area (Å²) in [6.07, 6.45) is 0. The van der Waals surface area contributed by atoms with E-state index in [-0.39, 0.29) is 11.7 Å². The minimum Gasteiger partial charge on any atom is -0.497 e. The van der Waals surface area contributed by atoms with Crippen molar-refractivity contribution in [2.24, 2.45) is 0 Å². The highest BCUT2D eigenvalue weighted by atomic mass is 32.2. The summed E-state index contributed by atoms with van der Waals surface area (Å²) in [5.74, 6) is -0.603. The molecule has 0 N–H and O–H groups in total.